The van der Waals surface area contributed by atoms with Gasteiger partial charge in [-0.1, -0.05) is 12.7 Å². The van der Waals surface area contributed by atoms with E-state index in [0.29, 0.717) is 6.61 Å². The van der Waals surface area contributed by atoms with Crippen LogP contribution in [0.2, 0.25) is 0 Å². The molecule has 2 nitrogen and oxygen atoms in total. The van der Waals surface area contributed by atoms with Crippen molar-refractivity contribution in [1.82, 2.24) is 0 Å². The zero-order valence-corrected chi connectivity index (χ0v) is 6.88. The molecular weight excluding hydrogens is 140 g/mol. The Labute approximate surface area is 67.5 Å². The predicted molar refractivity (Wildman–Crippen MR) is 44.2 cm³/mol. The van der Waals surface area contributed by atoms with Crippen LogP contribution in [0.5, 0.6) is 0 Å². The van der Waals surface area contributed by atoms with E-state index in [1.807, 2.05) is 13.0 Å². The van der Waals surface area contributed by atoms with Gasteiger partial charge >= 0.3 is 0 Å². The smallest absolute Gasteiger partial charge is 0.177 e. The zero-order valence-electron chi connectivity index (χ0n) is 6.88. The van der Waals surface area contributed by atoms with Crippen LogP contribution in [0, 0.1) is 0 Å². The molecule has 1 aliphatic heterocycles. The highest BCUT2D eigenvalue weighted by molar-refractivity contribution is 4.91. The van der Waals surface area contributed by atoms with Crippen LogP contribution in [-0.2, 0) is 9.47 Å². The fourth-order valence-electron chi connectivity index (χ4n) is 1.14. The van der Waals surface area contributed by atoms with E-state index in [0.717, 1.165) is 6.42 Å². The van der Waals surface area contributed by atoms with Crippen molar-refractivity contribution >= 4 is 0 Å². The van der Waals surface area contributed by atoms with Crippen molar-refractivity contribution in [1.29, 1.82) is 0 Å². The van der Waals surface area contributed by atoms with Gasteiger partial charge in [0, 0.05) is 0 Å². The summed E-state index contributed by atoms with van der Waals surface area (Å²) in [7, 11) is 0. The molecule has 0 N–H and O–H groups in total. The van der Waals surface area contributed by atoms with Crippen LogP contribution in [0.25, 0.3) is 0 Å². The summed E-state index contributed by atoms with van der Waals surface area (Å²) in [5, 5.41) is 0. The third-order valence-electron chi connectivity index (χ3n) is 1.72. The number of rotatable bonds is 3. The lowest BCUT2D eigenvalue weighted by Gasteiger charge is -2.19. The van der Waals surface area contributed by atoms with Gasteiger partial charge in [0.05, 0.1) is 12.2 Å². The molecule has 0 aliphatic carbocycles. The molecule has 11 heavy (non-hydrogen) atoms. The number of ether oxygens (including phenoxy) is 2. The average Bonchev–Trinajstić information content (AvgIpc) is 2.33. The van der Waals surface area contributed by atoms with Crippen LogP contribution in [0.1, 0.15) is 13.3 Å². The topological polar surface area (TPSA) is 18.5 Å². The normalized spacial score (nSPS) is 37.0. The second kappa shape index (κ2) is 3.20. The molecule has 0 aromatic carbocycles. The van der Waals surface area contributed by atoms with Gasteiger partial charge in [-0.15, -0.1) is 6.58 Å². The van der Waals surface area contributed by atoms with Crippen molar-refractivity contribution in [2.24, 2.45) is 0 Å². The molecule has 0 radical (unpaired) electrons. The SMILES string of the molecule is C=CCC1(C)COC(C=C)O1. The summed E-state index contributed by atoms with van der Waals surface area (Å²) in [6.45, 7) is 9.88. The van der Waals surface area contributed by atoms with Gasteiger partial charge in [-0.2, -0.15) is 0 Å². The van der Waals surface area contributed by atoms with Gasteiger partial charge in [0.2, 0.25) is 0 Å². The molecule has 1 heterocycles. The Morgan fingerprint density at radius 1 is 1.64 bits per heavy atom. The van der Waals surface area contributed by atoms with Gasteiger partial charge in [-0.25, -0.2) is 0 Å². The summed E-state index contributed by atoms with van der Waals surface area (Å²) in [5.74, 6) is 0. The second-order valence-corrected chi connectivity index (χ2v) is 2.98. The van der Waals surface area contributed by atoms with E-state index in [2.05, 4.69) is 13.2 Å². The quantitative estimate of drug-likeness (QED) is 0.578. The maximum Gasteiger partial charge on any atom is 0.177 e. The Balaban J connectivity index is 2.49. The Hall–Kier alpha value is -0.600. The van der Waals surface area contributed by atoms with Crippen LogP contribution in [0.3, 0.4) is 0 Å². The average molecular weight is 154 g/mol. The first-order chi connectivity index (χ1) is 5.20. The second-order valence-electron chi connectivity index (χ2n) is 2.98. The molecular formula is C9H14O2. The third kappa shape index (κ3) is 1.91. The van der Waals surface area contributed by atoms with Crippen molar-refractivity contribution in [3.8, 4) is 0 Å². The number of hydrogen-bond donors (Lipinski definition) is 0. The summed E-state index contributed by atoms with van der Waals surface area (Å²) in [4.78, 5) is 0. The summed E-state index contributed by atoms with van der Waals surface area (Å²) in [6.07, 6.45) is 4.08. The lowest BCUT2D eigenvalue weighted by atomic mass is 10.0. The molecule has 2 unspecified atom stereocenters. The fraction of sp³-hybridized carbons (Fsp3) is 0.556. The number of hydrogen-bond acceptors (Lipinski definition) is 2. The van der Waals surface area contributed by atoms with Crippen LogP contribution in [-0.4, -0.2) is 18.5 Å². The molecule has 0 bridgehead atoms. The Bertz CT molecular complexity index is 165. The highest BCUT2D eigenvalue weighted by Crippen LogP contribution is 2.26. The molecule has 0 aromatic heterocycles. The summed E-state index contributed by atoms with van der Waals surface area (Å²) in [6, 6.07) is 0. The molecule has 0 amide bonds. The van der Waals surface area contributed by atoms with Gasteiger partial charge in [0.15, 0.2) is 6.29 Å². The van der Waals surface area contributed by atoms with Crippen molar-refractivity contribution in [2.75, 3.05) is 6.61 Å². The van der Waals surface area contributed by atoms with Gasteiger partial charge < -0.3 is 9.47 Å². The largest absolute Gasteiger partial charge is 0.346 e. The summed E-state index contributed by atoms with van der Waals surface area (Å²) in [5.41, 5.74) is -0.194. The van der Waals surface area contributed by atoms with Crippen LogP contribution >= 0.6 is 0 Å². The third-order valence-corrected chi connectivity index (χ3v) is 1.72. The van der Waals surface area contributed by atoms with Crippen LogP contribution in [0.4, 0.5) is 0 Å². The molecule has 1 rings (SSSR count). The minimum absolute atomic E-state index is 0.194. The Kier molecular flexibility index (Phi) is 2.47. The molecule has 1 fully saturated rings. The minimum Gasteiger partial charge on any atom is -0.346 e. The standard InChI is InChI=1S/C9H14O2/c1-4-6-9(3)7-10-8(5-2)11-9/h4-5,8H,1-2,6-7H2,3H3. The maximum atomic E-state index is 5.53. The Morgan fingerprint density at radius 3 is 2.82 bits per heavy atom. The molecule has 62 valence electrons. The molecule has 0 saturated carbocycles. The van der Waals surface area contributed by atoms with E-state index < -0.39 is 0 Å². The maximum absolute atomic E-state index is 5.53. The molecule has 2 heteroatoms. The highest BCUT2D eigenvalue weighted by Gasteiger charge is 2.34. The first kappa shape index (κ1) is 8.50. The summed E-state index contributed by atoms with van der Waals surface area (Å²) < 4.78 is 10.8. The summed E-state index contributed by atoms with van der Waals surface area (Å²) >= 11 is 0. The monoisotopic (exact) mass is 154 g/mol. The highest BCUT2D eigenvalue weighted by atomic mass is 16.7. The zero-order chi connectivity index (χ0) is 8.32. The molecule has 1 saturated heterocycles. The van der Waals surface area contributed by atoms with Crippen LogP contribution in [0.15, 0.2) is 25.3 Å². The van der Waals surface area contributed by atoms with Crippen molar-refractivity contribution in [3.05, 3.63) is 25.3 Å². The van der Waals surface area contributed by atoms with E-state index in [-0.39, 0.29) is 11.9 Å². The fourth-order valence-corrected chi connectivity index (χ4v) is 1.14. The van der Waals surface area contributed by atoms with Gasteiger partial charge in [-0.3, -0.25) is 0 Å². The molecule has 1 aliphatic rings. The van der Waals surface area contributed by atoms with E-state index in [9.17, 15) is 0 Å². The van der Waals surface area contributed by atoms with E-state index in [1.54, 1.807) is 6.08 Å². The van der Waals surface area contributed by atoms with E-state index >= 15 is 0 Å². The van der Waals surface area contributed by atoms with Crippen molar-refractivity contribution < 1.29 is 9.47 Å². The lowest BCUT2D eigenvalue weighted by molar-refractivity contribution is -0.0497. The van der Waals surface area contributed by atoms with E-state index in [1.165, 1.54) is 0 Å². The van der Waals surface area contributed by atoms with E-state index in [4.69, 9.17) is 9.47 Å². The van der Waals surface area contributed by atoms with Crippen molar-refractivity contribution in [3.63, 3.8) is 0 Å². The van der Waals surface area contributed by atoms with Crippen molar-refractivity contribution in [2.45, 2.75) is 25.2 Å². The molecule has 0 aromatic rings. The van der Waals surface area contributed by atoms with Gasteiger partial charge in [0.1, 0.15) is 0 Å². The first-order valence-corrected chi connectivity index (χ1v) is 3.73. The first-order valence-electron chi connectivity index (χ1n) is 3.73. The molecule has 0 spiro atoms. The lowest BCUT2D eigenvalue weighted by Crippen LogP contribution is -2.26. The van der Waals surface area contributed by atoms with Crippen LogP contribution < -0.4 is 0 Å². The predicted octanol–water partition coefficient (Wildman–Crippen LogP) is 1.88. The van der Waals surface area contributed by atoms with Gasteiger partial charge in [-0.05, 0) is 19.4 Å². The minimum atomic E-state index is -0.236. The molecule has 2 atom stereocenters. The Morgan fingerprint density at radius 2 is 2.36 bits per heavy atom. The van der Waals surface area contributed by atoms with Gasteiger partial charge in [0.25, 0.3) is 0 Å².